The van der Waals surface area contributed by atoms with Crippen LogP contribution < -0.4 is 5.32 Å². The minimum atomic E-state index is -0.0142. The second-order valence-corrected chi connectivity index (χ2v) is 1.76. The molecule has 3 nitrogen and oxygen atoms in total. The Balaban J connectivity index is 3.39. The minimum Gasteiger partial charge on any atom is -0.355 e. The van der Waals surface area contributed by atoms with Crippen LogP contribution in [0.3, 0.4) is 0 Å². The molecular weight excluding hydrogens is 128 g/mol. The monoisotopic (exact) mass is 141 g/mol. The summed E-state index contributed by atoms with van der Waals surface area (Å²) >= 11 is 0. The van der Waals surface area contributed by atoms with Gasteiger partial charge >= 0.3 is 0 Å². The summed E-state index contributed by atoms with van der Waals surface area (Å²) in [4.78, 5) is 14.5. The van der Waals surface area contributed by atoms with Crippen molar-refractivity contribution < 1.29 is 4.79 Å². The van der Waals surface area contributed by atoms with Crippen LogP contribution in [-0.2, 0) is 4.79 Å². The number of rotatable bonds is 2. The van der Waals surface area contributed by atoms with Crippen molar-refractivity contribution in [1.82, 2.24) is 5.32 Å². The molecule has 1 N–H and O–H groups in total. The quantitative estimate of drug-likeness (QED) is 0.608. The van der Waals surface area contributed by atoms with Crippen LogP contribution in [-0.4, -0.2) is 19.0 Å². The van der Waals surface area contributed by atoms with Crippen LogP contribution in [0.1, 0.15) is 20.3 Å². The summed E-state index contributed by atoms with van der Waals surface area (Å²) in [5.74, 6) is -0.0142. The summed E-state index contributed by atoms with van der Waals surface area (Å²) < 4.78 is 0. The Bertz CT molecular complexity index is 155. The normalized spacial score (nSPS) is 7.80. The fourth-order valence-electron chi connectivity index (χ4n) is 0.499. The Morgan fingerprint density at radius 2 is 2.30 bits per heavy atom. The Labute approximate surface area is 61.2 Å². The first-order valence-corrected chi connectivity index (χ1v) is 3.47. The van der Waals surface area contributed by atoms with Gasteiger partial charge in [-0.25, -0.2) is 0 Å². The third-order valence-corrected chi connectivity index (χ3v) is 0.883. The molecule has 0 heterocycles. The van der Waals surface area contributed by atoms with Gasteiger partial charge < -0.3 is 5.32 Å². The maximum atomic E-state index is 10.7. The van der Waals surface area contributed by atoms with Gasteiger partial charge in [0.2, 0.25) is 5.91 Å². The third kappa shape index (κ3) is 5.10. The SMILES string of the molecule is CC[N+]#CCC(=O)NCC. The van der Waals surface area contributed by atoms with Gasteiger partial charge in [-0.05, 0) is 6.92 Å². The number of amides is 1. The lowest BCUT2D eigenvalue weighted by molar-refractivity contribution is -0.119. The summed E-state index contributed by atoms with van der Waals surface area (Å²) in [6, 6.07) is 2.63. The Morgan fingerprint density at radius 3 is 2.80 bits per heavy atom. The molecule has 56 valence electrons. The predicted octanol–water partition coefficient (Wildman–Crippen LogP) is 0.865. The number of hydrogen-bond donors (Lipinski definition) is 1. The van der Waals surface area contributed by atoms with Crippen molar-refractivity contribution >= 4 is 5.91 Å². The molecule has 0 aliphatic rings. The zero-order valence-corrected chi connectivity index (χ0v) is 6.48. The van der Waals surface area contributed by atoms with E-state index in [1.165, 1.54) is 0 Å². The fourth-order valence-corrected chi connectivity index (χ4v) is 0.499. The van der Waals surface area contributed by atoms with E-state index in [9.17, 15) is 4.79 Å². The third-order valence-electron chi connectivity index (χ3n) is 0.883. The van der Waals surface area contributed by atoms with E-state index in [1.807, 2.05) is 13.8 Å². The highest BCUT2D eigenvalue weighted by molar-refractivity contribution is 5.78. The van der Waals surface area contributed by atoms with Crippen LogP contribution in [0.4, 0.5) is 0 Å². The second-order valence-electron chi connectivity index (χ2n) is 1.76. The molecule has 0 rings (SSSR count). The summed E-state index contributed by atoms with van der Waals surface area (Å²) in [5.41, 5.74) is 0. The fraction of sp³-hybridized carbons (Fsp3) is 0.714. The van der Waals surface area contributed by atoms with E-state index >= 15 is 0 Å². The standard InChI is InChI=1S/C7H12N2O/c1-3-8-6-5-7(10)9-4-2/h3-5H2,1-2H3/p+1. The largest absolute Gasteiger partial charge is 0.355 e. The van der Waals surface area contributed by atoms with E-state index in [-0.39, 0.29) is 12.3 Å². The lowest BCUT2D eigenvalue weighted by Crippen LogP contribution is -2.21. The minimum absolute atomic E-state index is 0.0142. The van der Waals surface area contributed by atoms with Crippen molar-refractivity contribution in [3.63, 3.8) is 0 Å². The molecule has 10 heavy (non-hydrogen) atoms. The Kier molecular flexibility index (Phi) is 5.45. The molecule has 0 saturated carbocycles. The Hall–Kier alpha value is -1.04. The van der Waals surface area contributed by atoms with Crippen LogP contribution >= 0.6 is 0 Å². The molecule has 0 fully saturated rings. The number of nitrogens with one attached hydrogen (secondary N) is 1. The summed E-state index contributed by atoms with van der Waals surface area (Å²) in [6.45, 7) is 5.16. The van der Waals surface area contributed by atoms with Crippen molar-refractivity contribution in [1.29, 1.82) is 0 Å². The molecule has 0 radical (unpaired) electrons. The van der Waals surface area contributed by atoms with Gasteiger partial charge in [0.1, 0.15) is 0 Å². The summed E-state index contributed by atoms with van der Waals surface area (Å²) in [6.07, 6.45) is 0.279. The molecular formula is C7H13N2O+. The highest BCUT2D eigenvalue weighted by Crippen LogP contribution is 1.76. The highest BCUT2D eigenvalue weighted by atomic mass is 16.1. The number of carbonyl (C=O) groups excluding carboxylic acids is 1. The summed E-state index contributed by atoms with van der Waals surface area (Å²) in [5, 5.41) is 2.64. The van der Waals surface area contributed by atoms with Crippen LogP contribution in [0.5, 0.6) is 0 Å². The number of nitrogens with zero attached hydrogens (tertiary/aromatic N) is 1. The molecule has 0 saturated heterocycles. The lowest BCUT2D eigenvalue weighted by atomic mass is 10.4. The van der Waals surface area contributed by atoms with E-state index in [2.05, 4.69) is 16.2 Å². The molecule has 3 heteroatoms. The van der Waals surface area contributed by atoms with Crippen molar-refractivity contribution in [2.75, 3.05) is 13.1 Å². The molecule has 0 aromatic rings. The molecule has 0 bridgehead atoms. The van der Waals surface area contributed by atoms with Crippen LogP contribution in [0, 0.1) is 6.07 Å². The lowest BCUT2D eigenvalue weighted by Gasteiger charge is -1.91. The van der Waals surface area contributed by atoms with Gasteiger partial charge in [0, 0.05) is 13.5 Å². The number of carbonyl (C=O) groups is 1. The maximum absolute atomic E-state index is 10.7. The summed E-state index contributed by atoms with van der Waals surface area (Å²) in [7, 11) is 0. The zero-order valence-electron chi connectivity index (χ0n) is 6.48. The van der Waals surface area contributed by atoms with Crippen LogP contribution in [0.15, 0.2) is 0 Å². The van der Waals surface area contributed by atoms with Gasteiger partial charge in [-0.3, -0.25) is 4.79 Å². The van der Waals surface area contributed by atoms with Gasteiger partial charge in [0.25, 0.3) is 12.6 Å². The average molecular weight is 141 g/mol. The van der Waals surface area contributed by atoms with E-state index < -0.39 is 0 Å². The molecule has 0 aliphatic heterocycles. The van der Waals surface area contributed by atoms with E-state index in [4.69, 9.17) is 0 Å². The molecule has 0 aromatic carbocycles. The van der Waals surface area contributed by atoms with Crippen molar-refractivity contribution in [2.45, 2.75) is 20.3 Å². The van der Waals surface area contributed by atoms with Gasteiger partial charge in [-0.15, -0.1) is 0 Å². The first kappa shape index (κ1) is 8.96. The highest BCUT2D eigenvalue weighted by Gasteiger charge is 1.98. The topological polar surface area (TPSA) is 33.5 Å². The first-order valence-electron chi connectivity index (χ1n) is 3.47. The van der Waals surface area contributed by atoms with Crippen molar-refractivity contribution in [3.05, 3.63) is 4.85 Å². The van der Waals surface area contributed by atoms with Crippen molar-refractivity contribution in [2.24, 2.45) is 0 Å². The van der Waals surface area contributed by atoms with Crippen LogP contribution in [0.2, 0.25) is 0 Å². The smallest absolute Gasteiger partial charge is 0.282 e. The molecule has 0 unspecified atom stereocenters. The zero-order chi connectivity index (χ0) is 7.82. The van der Waals surface area contributed by atoms with E-state index in [1.54, 1.807) is 0 Å². The molecule has 0 spiro atoms. The van der Waals surface area contributed by atoms with Gasteiger partial charge in [0.15, 0.2) is 6.42 Å². The first-order chi connectivity index (χ1) is 4.81. The Morgan fingerprint density at radius 1 is 1.60 bits per heavy atom. The van der Waals surface area contributed by atoms with E-state index in [0.29, 0.717) is 13.1 Å². The van der Waals surface area contributed by atoms with Gasteiger partial charge in [-0.2, -0.15) is 0 Å². The molecule has 1 amide bonds. The molecule has 0 atom stereocenters. The number of hydrogen-bond acceptors (Lipinski definition) is 1. The molecule has 0 aliphatic carbocycles. The second kappa shape index (κ2) is 6.09. The van der Waals surface area contributed by atoms with Crippen molar-refractivity contribution in [3.8, 4) is 6.07 Å². The van der Waals surface area contributed by atoms with Gasteiger partial charge in [0.05, 0.1) is 0 Å². The van der Waals surface area contributed by atoms with Gasteiger partial charge in [-0.1, -0.05) is 4.85 Å². The maximum Gasteiger partial charge on any atom is 0.282 e. The average Bonchev–Trinajstić information content (AvgIpc) is 1.89. The molecule has 0 aromatic heterocycles. The predicted molar refractivity (Wildman–Crippen MR) is 41.1 cm³/mol. The van der Waals surface area contributed by atoms with E-state index in [0.717, 1.165) is 0 Å². The van der Waals surface area contributed by atoms with Crippen LogP contribution in [0.25, 0.3) is 4.85 Å².